The molecule has 0 saturated heterocycles. The molecule has 0 amide bonds. The average Bonchev–Trinajstić information content (AvgIpc) is 1.85. The Labute approximate surface area is 75.3 Å². The van der Waals surface area contributed by atoms with Crippen LogP contribution >= 0.6 is 11.6 Å². The lowest BCUT2D eigenvalue weighted by atomic mass is 9.77. The second-order valence-corrected chi connectivity index (χ2v) is 4.90. The van der Waals surface area contributed by atoms with Gasteiger partial charge in [0, 0.05) is 5.38 Å². The van der Waals surface area contributed by atoms with E-state index in [-0.39, 0.29) is 0 Å². The minimum atomic E-state index is 0.443. The molecule has 0 aromatic carbocycles. The quantitative estimate of drug-likeness (QED) is 0.532. The highest BCUT2D eigenvalue weighted by atomic mass is 35.5. The zero-order valence-electron chi connectivity index (χ0n) is 7.81. The molecule has 1 aliphatic rings. The Morgan fingerprint density at radius 2 is 1.91 bits per heavy atom. The van der Waals surface area contributed by atoms with Gasteiger partial charge in [0.15, 0.2) is 0 Å². The lowest BCUT2D eigenvalue weighted by Gasteiger charge is -2.33. The number of hydrogen-bond donors (Lipinski definition) is 0. The van der Waals surface area contributed by atoms with Crippen LogP contribution in [0.1, 0.15) is 40.0 Å². The van der Waals surface area contributed by atoms with Crippen LogP contribution < -0.4 is 0 Å². The summed E-state index contributed by atoms with van der Waals surface area (Å²) in [7, 11) is 0. The largest absolute Gasteiger partial charge is 0.123 e. The van der Waals surface area contributed by atoms with E-state index >= 15 is 0 Å². The van der Waals surface area contributed by atoms with Crippen LogP contribution in [0.3, 0.4) is 0 Å². The molecule has 0 heterocycles. The van der Waals surface area contributed by atoms with E-state index in [9.17, 15) is 0 Å². The summed E-state index contributed by atoms with van der Waals surface area (Å²) in [5.41, 5.74) is 0. The fourth-order valence-corrected chi connectivity index (χ4v) is 2.81. The molecule has 1 saturated carbocycles. The van der Waals surface area contributed by atoms with Crippen molar-refractivity contribution in [3.05, 3.63) is 0 Å². The van der Waals surface area contributed by atoms with Crippen molar-refractivity contribution >= 4 is 11.6 Å². The second-order valence-electron chi connectivity index (χ2n) is 4.34. The summed E-state index contributed by atoms with van der Waals surface area (Å²) in [6, 6.07) is 0. The van der Waals surface area contributed by atoms with Crippen molar-refractivity contribution in [3.8, 4) is 0 Å². The van der Waals surface area contributed by atoms with Gasteiger partial charge in [-0.1, -0.05) is 27.2 Å². The topological polar surface area (TPSA) is 0 Å². The van der Waals surface area contributed by atoms with Crippen molar-refractivity contribution in [1.82, 2.24) is 0 Å². The SMILES string of the molecule is CC(C)[C@@H]1CC[C@@H](C)C[C@H]1Cl. The third kappa shape index (κ3) is 2.37. The van der Waals surface area contributed by atoms with Crippen molar-refractivity contribution in [2.24, 2.45) is 17.8 Å². The summed E-state index contributed by atoms with van der Waals surface area (Å²) >= 11 is 6.27. The monoisotopic (exact) mass is 174 g/mol. The first-order chi connectivity index (χ1) is 5.11. The Kier molecular flexibility index (Phi) is 3.24. The van der Waals surface area contributed by atoms with Gasteiger partial charge >= 0.3 is 0 Å². The molecule has 0 radical (unpaired) electrons. The Morgan fingerprint density at radius 3 is 2.36 bits per heavy atom. The molecule has 0 N–H and O–H groups in total. The highest BCUT2D eigenvalue weighted by Gasteiger charge is 2.28. The Balaban J connectivity index is 2.44. The van der Waals surface area contributed by atoms with Crippen LogP contribution in [0.25, 0.3) is 0 Å². The fourth-order valence-electron chi connectivity index (χ4n) is 2.09. The Bertz CT molecular complexity index is 120. The van der Waals surface area contributed by atoms with E-state index in [1.54, 1.807) is 0 Å². The summed E-state index contributed by atoms with van der Waals surface area (Å²) in [6.07, 6.45) is 3.95. The highest BCUT2D eigenvalue weighted by molar-refractivity contribution is 6.20. The van der Waals surface area contributed by atoms with E-state index in [0.29, 0.717) is 5.38 Å². The standard InChI is InChI=1S/C10H19Cl/c1-7(2)9-5-4-8(3)6-10(9)11/h7-10H,4-6H2,1-3H3/t8-,9+,10-/m1/s1. The second kappa shape index (κ2) is 3.80. The van der Waals surface area contributed by atoms with Crippen LogP contribution in [0.15, 0.2) is 0 Å². The van der Waals surface area contributed by atoms with Crippen LogP contribution in [-0.2, 0) is 0 Å². The summed E-state index contributed by atoms with van der Waals surface area (Å²) in [6.45, 7) is 6.89. The highest BCUT2D eigenvalue weighted by Crippen LogP contribution is 2.36. The number of rotatable bonds is 1. The lowest BCUT2D eigenvalue weighted by Crippen LogP contribution is -2.27. The van der Waals surface area contributed by atoms with Crippen molar-refractivity contribution in [1.29, 1.82) is 0 Å². The van der Waals surface area contributed by atoms with Crippen LogP contribution in [-0.4, -0.2) is 5.38 Å². The van der Waals surface area contributed by atoms with Crippen molar-refractivity contribution in [3.63, 3.8) is 0 Å². The Hall–Kier alpha value is 0.290. The van der Waals surface area contributed by atoms with Crippen molar-refractivity contribution in [2.75, 3.05) is 0 Å². The zero-order valence-corrected chi connectivity index (χ0v) is 8.56. The van der Waals surface area contributed by atoms with Gasteiger partial charge in [-0.05, 0) is 30.6 Å². The third-order valence-electron chi connectivity index (χ3n) is 2.94. The van der Waals surface area contributed by atoms with E-state index in [0.717, 1.165) is 17.8 Å². The van der Waals surface area contributed by atoms with Gasteiger partial charge in [0.05, 0.1) is 0 Å². The first-order valence-electron chi connectivity index (χ1n) is 4.75. The molecule has 11 heavy (non-hydrogen) atoms. The summed E-state index contributed by atoms with van der Waals surface area (Å²) < 4.78 is 0. The smallest absolute Gasteiger partial charge is 0.0369 e. The number of halogens is 1. The fraction of sp³-hybridized carbons (Fsp3) is 1.00. The first kappa shape index (κ1) is 9.38. The van der Waals surface area contributed by atoms with E-state index in [2.05, 4.69) is 20.8 Å². The molecule has 0 aromatic rings. The predicted molar refractivity (Wildman–Crippen MR) is 51.0 cm³/mol. The van der Waals surface area contributed by atoms with E-state index in [1.807, 2.05) is 0 Å². The summed E-state index contributed by atoms with van der Waals surface area (Å²) in [4.78, 5) is 0. The minimum Gasteiger partial charge on any atom is -0.123 e. The Morgan fingerprint density at radius 1 is 1.27 bits per heavy atom. The number of alkyl halides is 1. The van der Waals surface area contributed by atoms with E-state index in [4.69, 9.17) is 11.6 Å². The summed E-state index contributed by atoms with van der Waals surface area (Å²) in [5, 5.41) is 0.443. The maximum Gasteiger partial charge on any atom is 0.0369 e. The molecule has 0 spiro atoms. The molecule has 1 heteroatoms. The molecule has 0 nitrogen and oxygen atoms in total. The maximum absolute atomic E-state index is 6.27. The molecule has 3 atom stereocenters. The zero-order chi connectivity index (χ0) is 8.43. The first-order valence-corrected chi connectivity index (χ1v) is 5.19. The molecule has 66 valence electrons. The molecule has 0 aromatic heterocycles. The third-order valence-corrected chi connectivity index (χ3v) is 3.44. The molecule has 1 rings (SSSR count). The molecular formula is C10H19Cl. The van der Waals surface area contributed by atoms with Gasteiger partial charge in [-0.25, -0.2) is 0 Å². The van der Waals surface area contributed by atoms with Gasteiger partial charge < -0.3 is 0 Å². The minimum absolute atomic E-state index is 0.443. The maximum atomic E-state index is 6.27. The van der Waals surface area contributed by atoms with Crippen molar-refractivity contribution < 1.29 is 0 Å². The molecule has 0 aliphatic heterocycles. The van der Waals surface area contributed by atoms with Crippen LogP contribution in [0.2, 0.25) is 0 Å². The van der Waals surface area contributed by atoms with Gasteiger partial charge in [0.1, 0.15) is 0 Å². The molecular weight excluding hydrogens is 156 g/mol. The van der Waals surface area contributed by atoms with Gasteiger partial charge in [-0.15, -0.1) is 11.6 Å². The molecule has 1 aliphatic carbocycles. The van der Waals surface area contributed by atoms with Gasteiger partial charge in [-0.2, -0.15) is 0 Å². The predicted octanol–water partition coefficient (Wildman–Crippen LogP) is 3.69. The van der Waals surface area contributed by atoms with Crippen LogP contribution in [0, 0.1) is 17.8 Å². The van der Waals surface area contributed by atoms with Gasteiger partial charge in [0.2, 0.25) is 0 Å². The van der Waals surface area contributed by atoms with Crippen LogP contribution in [0.5, 0.6) is 0 Å². The van der Waals surface area contributed by atoms with Crippen molar-refractivity contribution in [2.45, 2.75) is 45.4 Å². The van der Waals surface area contributed by atoms with Gasteiger partial charge in [-0.3, -0.25) is 0 Å². The molecule has 0 unspecified atom stereocenters. The van der Waals surface area contributed by atoms with E-state index < -0.39 is 0 Å². The normalized spacial score (nSPS) is 39.5. The number of hydrogen-bond acceptors (Lipinski definition) is 0. The molecule has 0 bridgehead atoms. The lowest BCUT2D eigenvalue weighted by molar-refractivity contribution is 0.240. The van der Waals surface area contributed by atoms with E-state index in [1.165, 1.54) is 19.3 Å². The van der Waals surface area contributed by atoms with Gasteiger partial charge in [0.25, 0.3) is 0 Å². The summed E-state index contributed by atoms with van der Waals surface area (Å²) in [5.74, 6) is 2.39. The molecule has 1 fully saturated rings. The van der Waals surface area contributed by atoms with Crippen LogP contribution in [0.4, 0.5) is 0 Å². The average molecular weight is 175 g/mol.